The highest BCUT2D eigenvalue weighted by Crippen LogP contribution is 2.02. The van der Waals surface area contributed by atoms with E-state index in [9.17, 15) is 4.79 Å². The van der Waals surface area contributed by atoms with Gasteiger partial charge in [0.2, 0.25) is 5.91 Å². The molecule has 0 spiro atoms. The van der Waals surface area contributed by atoms with Crippen molar-refractivity contribution in [3.63, 3.8) is 0 Å². The van der Waals surface area contributed by atoms with E-state index in [1.807, 2.05) is 18.9 Å². The van der Waals surface area contributed by atoms with Crippen LogP contribution in [-0.4, -0.2) is 35.4 Å². The van der Waals surface area contributed by atoms with E-state index in [0.717, 1.165) is 0 Å². The van der Waals surface area contributed by atoms with E-state index >= 15 is 0 Å². The SMILES string of the molecule is CC(CN(C)C(C)C(N)=O)C(N)=S. The maximum Gasteiger partial charge on any atom is 0.234 e. The minimum atomic E-state index is -0.336. The molecule has 0 aromatic heterocycles. The molecule has 0 bridgehead atoms. The van der Waals surface area contributed by atoms with Gasteiger partial charge in [0.15, 0.2) is 0 Å². The van der Waals surface area contributed by atoms with Crippen molar-refractivity contribution in [1.29, 1.82) is 0 Å². The molecule has 76 valence electrons. The topological polar surface area (TPSA) is 72.3 Å². The Morgan fingerprint density at radius 2 is 1.92 bits per heavy atom. The Balaban J connectivity index is 4.06. The molecule has 0 aromatic rings. The summed E-state index contributed by atoms with van der Waals surface area (Å²) in [4.78, 5) is 13.1. The number of nitrogens with two attached hydrogens (primary N) is 2. The molecule has 4 N–H and O–H groups in total. The fourth-order valence-electron chi connectivity index (χ4n) is 0.897. The van der Waals surface area contributed by atoms with Gasteiger partial charge in [-0.1, -0.05) is 19.1 Å². The molecule has 0 saturated carbocycles. The molecule has 0 aromatic carbocycles. The molecule has 2 unspecified atom stereocenters. The fraction of sp³-hybridized carbons (Fsp3) is 0.750. The van der Waals surface area contributed by atoms with Crippen molar-refractivity contribution in [2.24, 2.45) is 17.4 Å². The van der Waals surface area contributed by atoms with Gasteiger partial charge >= 0.3 is 0 Å². The van der Waals surface area contributed by atoms with Crippen LogP contribution < -0.4 is 11.5 Å². The van der Waals surface area contributed by atoms with Gasteiger partial charge < -0.3 is 11.5 Å². The van der Waals surface area contributed by atoms with Crippen LogP contribution in [0.3, 0.4) is 0 Å². The van der Waals surface area contributed by atoms with Gasteiger partial charge in [0.1, 0.15) is 0 Å². The molecule has 0 saturated heterocycles. The molecule has 0 radical (unpaired) electrons. The molecule has 5 heteroatoms. The number of carbonyl (C=O) groups excluding carboxylic acids is 1. The lowest BCUT2D eigenvalue weighted by atomic mass is 10.1. The monoisotopic (exact) mass is 203 g/mol. The standard InChI is InChI=1S/C8H17N3OS/c1-5(8(10)13)4-11(3)6(2)7(9)12/h5-6H,4H2,1-3H3,(H2,9,12)(H2,10,13). The first-order valence-corrected chi connectivity index (χ1v) is 4.56. The second-order valence-electron chi connectivity index (χ2n) is 3.32. The molecular formula is C8H17N3OS. The summed E-state index contributed by atoms with van der Waals surface area (Å²) in [7, 11) is 1.82. The van der Waals surface area contributed by atoms with Gasteiger partial charge in [-0.05, 0) is 14.0 Å². The molecule has 0 aliphatic heterocycles. The number of nitrogens with zero attached hydrogens (tertiary/aromatic N) is 1. The number of hydrogen-bond acceptors (Lipinski definition) is 3. The van der Waals surface area contributed by atoms with Crippen molar-refractivity contribution in [2.45, 2.75) is 19.9 Å². The zero-order valence-electron chi connectivity index (χ0n) is 8.28. The summed E-state index contributed by atoms with van der Waals surface area (Å²) in [6, 6.07) is -0.281. The third kappa shape index (κ3) is 4.19. The smallest absolute Gasteiger partial charge is 0.234 e. The van der Waals surface area contributed by atoms with Gasteiger partial charge in [0.05, 0.1) is 11.0 Å². The van der Waals surface area contributed by atoms with Crippen LogP contribution in [0.1, 0.15) is 13.8 Å². The minimum Gasteiger partial charge on any atom is -0.393 e. The Morgan fingerprint density at radius 1 is 1.46 bits per heavy atom. The highest BCUT2D eigenvalue weighted by molar-refractivity contribution is 7.80. The number of likely N-dealkylation sites (N-methyl/N-ethyl adjacent to an activating group) is 1. The maximum atomic E-state index is 10.8. The van der Waals surface area contributed by atoms with Gasteiger partial charge in [-0.2, -0.15) is 0 Å². The third-order valence-corrected chi connectivity index (χ3v) is 2.52. The Labute approximate surface area is 84.3 Å². The summed E-state index contributed by atoms with van der Waals surface area (Å²) < 4.78 is 0. The second-order valence-corrected chi connectivity index (χ2v) is 3.79. The van der Waals surface area contributed by atoms with Gasteiger partial charge in [0.25, 0.3) is 0 Å². The van der Waals surface area contributed by atoms with Crippen LogP contribution in [0.4, 0.5) is 0 Å². The van der Waals surface area contributed by atoms with Crippen LogP contribution in [0.2, 0.25) is 0 Å². The van der Waals surface area contributed by atoms with Crippen LogP contribution >= 0.6 is 12.2 Å². The molecule has 4 nitrogen and oxygen atoms in total. The molecule has 13 heavy (non-hydrogen) atoms. The lowest BCUT2D eigenvalue weighted by Crippen LogP contribution is -2.43. The average Bonchev–Trinajstić information content (AvgIpc) is 2.02. The highest BCUT2D eigenvalue weighted by Gasteiger charge is 2.17. The summed E-state index contributed by atoms with van der Waals surface area (Å²) in [5.74, 6) is -0.237. The quantitative estimate of drug-likeness (QED) is 0.603. The van der Waals surface area contributed by atoms with Gasteiger partial charge in [-0.15, -0.1) is 0 Å². The summed E-state index contributed by atoms with van der Waals surface area (Å²) in [5, 5.41) is 0. The molecule has 0 heterocycles. The first-order valence-electron chi connectivity index (χ1n) is 4.15. The zero-order chi connectivity index (χ0) is 10.6. The maximum absolute atomic E-state index is 10.8. The van der Waals surface area contributed by atoms with E-state index in [2.05, 4.69) is 0 Å². The summed E-state index contributed by atoms with van der Waals surface area (Å²) in [5.41, 5.74) is 10.6. The van der Waals surface area contributed by atoms with Gasteiger partial charge in [-0.25, -0.2) is 0 Å². The highest BCUT2D eigenvalue weighted by atomic mass is 32.1. The average molecular weight is 203 g/mol. The Bertz CT molecular complexity index is 208. The molecule has 0 rings (SSSR count). The van der Waals surface area contributed by atoms with E-state index in [1.165, 1.54) is 0 Å². The molecule has 0 aliphatic rings. The lowest BCUT2D eigenvalue weighted by molar-refractivity contribution is -0.122. The van der Waals surface area contributed by atoms with Crippen molar-refractivity contribution >= 4 is 23.1 Å². The number of amides is 1. The predicted molar refractivity (Wildman–Crippen MR) is 57.2 cm³/mol. The van der Waals surface area contributed by atoms with E-state index < -0.39 is 0 Å². The number of hydrogen-bond donors (Lipinski definition) is 2. The van der Waals surface area contributed by atoms with E-state index in [-0.39, 0.29) is 17.9 Å². The van der Waals surface area contributed by atoms with Crippen molar-refractivity contribution in [3.05, 3.63) is 0 Å². The number of rotatable bonds is 5. The predicted octanol–water partition coefficient (Wildman–Crippen LogP) is -0.286. The number of primary amides is 1. The first kappa shape index (κ1) is 12.3. The Hall–Kier alpha value is -0.680. The second kappa shape index (κ2) is 5.14. The van der Waals surface area contributed by atoms with Crippen molar-refractivity contribution in [3.8, 4) is 0 Å². The van der Waals surface area contributed by atoms with E-state index in [1.54, 1.807) is 6.92 Å². The summed E-state index contributed by atoms with van der Waals surface area (Å²) in [6.45, 7) is 4.33. The summed E-state index contributed by atoms with van der Waals surface area (Å²) >= 11 is 4.82. The first-order chi connectivity index (χ1) is 5.86. The van der Waals surface area contributed by atoms with Crippen molar-refractivity contribution < 1.29 is 4.79 Å². The van der Waals surface area contributed by atoms with Gasteiger partial charge in [-0.3, -0.25) is 9.69 Å². The van der Waals surface area contributed by atoms with Crippen LogP contribution in [-0.2, 0) is 4.79 Å². The lowest BCUT2D eigenvalue weighted by Gasteiger charge is -2.24. The Morgan fingerprint density at radius 3 is 2.23 bits per heavy atom. The van der Waals surface area contributed by atoms with Crippen LogP contribution in [0.25, 0.3) is 0 Å². The number of carbonyl (C=O) groups is 1. The van der Waals surface area contributed by atoms with Crippen LogP contribution in [0.15, 0.2) is 0 Å². The van der Waals surface area contributed by atoms with Crippen molar-refractivity contribution in [2.75, 3.05) is 13.6 Å². The zero-order valence-corrected chi connectivity index (χ0v) is 9.10. The van der Waals surface area contributed by atoms with Crippen LogP contribution in [0.5, 0.6) is 0 Å². The van der Waals surface area contributed by atoms with Gasteiger partial charge in [0, 0.05) is 12.5 Å². The third-order valence-electron chi connectivity index (χ3n) is 2.12. The van der Waals surface area contributed by atoms with E-state index in [0.29, 0.717) is 11.5 Å². The molecular weight excluding hydrogens is 186 g/mol. The largest absolute Gasteiger partial charge is 0.393 e. The molecule has 0 fully saturated rings. The normalized spacial score (nSPS) is 15.4. The Kier molecular flexibility index (Phi) is 4.87. The van der Waals surface area contributed by atoms with E-state index in [4.69, 9.17) is 23.7 Å². The number of thiocarbonyl (C=S) groups is 1. The molecule has 2 atom stereocenters. The fourth-order valence-corrected chi connectivity index (χ4v) is 0.972. The molecule has 0 aliphatic carbocycles. The molecule has 1 amide bonds. The van der Waals surface area contributed by atoms with Crippen molar-refractivity contribution in [1.82, 2.24) is 4.90 Å². The summed E-state index contributed by atoms with van der Waals surface area (Å²) in [6.07, 6.45) is 0. The minimum absolute atomic E-state index is 0.0989. The van der Waals surface area contributed by atoms with Crippen LogP contribution in [0, 0.1) is 5.92 Å².